The van der Waals surface area contributed by atoms with Crippen LogP contribution in [0.15, 0.2) is 18.2 Å². The van der Waals surface area contributed by atoms with E-state index in [0.717, 1.165) is 19.3 Å². The maximum absolute atomic E-state index is 13.4. The average Bonchev–Trinajstić information content (AvgIpc) is 2.41. The molecule has 0 bridgehead atoms. The number of halogens is 2. The average molecular weight is 301 g/mol. The summed E-state index contributed by atoms with van der Waals surface area (Å²) >= 11 is 5.75. The molecule has 2 rings (SSSR count). The summed E-state index contributed by atoms with van der Waals surface area (Å²) in [5.74, 6) is -0.258. The van der Waals surface area contributed by atoms with E-state index in [1.807, 2.05) is 0 Å². The summed E-state index contributed by atoms with van der Waals surface area (Å²) in [6.07, 6.45) is 3.22. The Morgan fingerprint density at radius 1 is 1.45 bits per heavy atom. The first-order valence-corrected chi connectivity index (χ1v) is 7.10. The lowest BCUT2D eigenvalue weighted by atomic mass is 9.87. The van der Waals surface area contributed by atoms with Gasteiger partial charge >= 0.3 is 6.03 Å². The third-order valence-corrected chi connectivity index (χ3v) is 3.72. The zero-order chi connectivity index (χ0) is 14.5. The third-order valence-electron chi connectivity index (χ3n) is 3.48. The maximum atomic E-state index is 13.4. The van der Waals surface area contributed by atoms with Gasteiger partial charge in [-0.2, -0.15) is 0 Å². The highest BCUT2D eigenvalue weighted by Gasteiger charge is 2.20. The normalized spacial score (nSPS) is 22.4. The number of benzene rings is 1. The van der Waals surface area contributed by atoms with Crippen molar-refractivity contribution in [2.75, 3.05) is 11.9 Å². The van der Waals surface area contributed by atoms with Crippen LogP contribution in [-0.2, 0) is 0 Å². The second kappa shape index (κ2) is 6.90. The topological polar surface area (TPSA) is 61.4 Å². The van der Waals surface area contributed by atoms with Gasteiger partial charge in [0, 0.05) is 11.6 Å². The van der Waals surface area contributed by atoms with Crippen LogP contribution in [-0.4, -0.2) is 23.8 Å². The summed E-state index contributed by atoms with van der Waals surface area (Å²) in [7, 11) is 0. The van der Waals surface area contributed by atoms with Crippen molar-refractivity contribution in [2.45, 2.75) is 31.8 Å². The van der Waals surface area contributed by atoms with E-state index in [1.54, 1.807) is 0 Å². The van der Waals surface area contributed by atoms with Gasteiger partial charge in [0.2, 0.25) is 0 Å². The quantitative estimate of drug-likeness (QED) is 0.803. The Morgan fingerprint density at radius 2 is 2.25 bits per heavy atom. The molecular formula is C14H18ClFN2O2. The summed E-state index contributed by atoms with van der Waals surface area (Å²) < 4.78 is 13.4. The van der Waals surface area contributed by atoms with Crippen molar-refractivity contribution in [1.29, 1.82) is 0 Å². The van der Waals surface area contributed by atoms with Crippen molar-refractivity contribution >= 4 is 23.3 Å². The van der Waals surface area contributed by atoms with Gasteiger partial charge in [0.15, 0.2) is 0 Å². The number of hydrogen-bond acceptors (Lipinski definition) is 2. The number of nitrogens with one attached hydrogen (secondary N) is 2. The molecule has 1 fully saturated rings. The second-order valence-corrected chi connectivity index (χ2v) is 5.58. The molecule has 0 saturated heterocycles. The minimum atomic E-state index is -0.530. The lowest BCUT2D eigenvalue weighted by Gasteiger charge is -2.25. The van der Waals surface area contributed by atoms with Crippen LogP contribution in [0.3, 0.4) is 0 Å². The number of hydrogen-bond donors (Lipinski definition) is 3. The molecule has 0 spiro atoms. The van der Waals surface area contributed by atoms with E-state index in [-0.39, 0.29) is 17.7 Å². The summed E-state index contributed by atoms with van der Waals surface area (Å²) in [5, 5.41) is 15.0. The smallest absolute Gasteiger partial charge is 0.319 e. The lowest BCUT2D eigenvalue weighted by Crippen LogP contribution is -2.35. The zero-order valence-electron chi connectivity index (χ0n) is 11.0. The number of anilines is 1. The molecule has 1 aliphatic carbocycles. The Kier molecular flexibility index (Phi) is 5.20. The number of rotatable bonds is 3. The number of urea groups is 1. The number of carbonyl (C=O) groups is 1. The van der Waals surface area contributed by atoms with Crippen LogP contribution in [0, 0.1) is 11.7 Å². The van der Waals surface area contributed by atoms with Crippen molar-refractivity contribution in [2.24, 2.45) is 5.92 Å². The predicted molar refractivity (Wildman–Crippen MR) is 76.4 cm³/mol. The zero-order valence-corrected chi connectivity index (χ0v) is 11.8. The molecule has 6 heteroatoms. The fraction of sp³-hybridized carbons (Fsp3) is 0.500. The fourth-order valence-electron chi connectivity index (χ4n) is 2.44. The molecule has 2 atom stereocenters. The molecular weight excluding hydrogens is 283 g/mol. The predicted octanol–water partition coefficient (Wildman–Crippen LogP) is 3.15. The van der Waals surface area contributed by atoms with Crippen molar-refractivity contribution < 1.29 is 14.3 Å². The van der Waals surface area contributed by atoms with Crippen LogP contribution < -0.4 is 10.6 Å². The maximum Gasteiger partial charge on any atom is 0.319 e. The molecule has 1 aromatic carbocycles. The van der Waals surface area contributed by atoms with E-state index in [2.05, 4.69) is 10.6 Å². The molecule has 2 unspecified atom stereocenters. The second-order valence-electron chi connectivity index (χ2n) is 5.15. The molecule has 1 aromatic rings. The summed E-state index contributed by atoms with van der Waals surface area (Å²) in [4.78, 5) is 11.7. The van der Waals surface area contributed by atoms with E-state index < -0.39 is 11.8 Å². The molecule has 3 N–H and O–H groups in total. The SMILES string of the molecule is O=C(NCC1CCCC(O)C1)Nc1cc(Cl)ccc1F. The standard InChI is InChI=1S/C14H18ClFN2O2/c15-10-4-5-12(16)13(7-10)18-14(20)17-8-9-2-1-3-11(19)6-9/h4-5,7,9,11,19H,1-3,6,8H2,(H2,17,18,20). The van der Waals surface area contributed by atoms with E-state index >= 15 is 0 Å². The van der Waals surface area contributed by atoms with Crippen LogP contribution in [0.25, 0.3) is 0 Å². The lowest BCUT2D eigenvalue weighted by molar-refractivity contribution is 0.101. The van der Waals surface area contributed by atoms with Gasteiger partial charge in [0.25, 0.3) is 0 Å². The van der Waals surface area contributed by atoms with Crippen LogP contribution in [0.1, 0.15) is 25.7 Å². The molecule has 1 saturated carbocycles. The van der Waals surface area contributed by atoms with Crippen LogP contribution in [0.2, 0.25) is 5.02 Å². The van der Waals surface area contributed by atoms with Gasteiger partial charge in [-0.25, -0.2) is 9.18 Å². The molecule has 20 heavy (non-hydrogen) atoms. The van der Waals surface area contributed by atoms with Gasteiger partial charge in [-0.1, -0.05) is 18.0 Å². The third kappa shape index (κ3) is 4.35. The first-order valence-electron chi connectivity index (χ1n) is 6.72. The van der Waals surface area contributed by atoms with Crippen LogP contribution in [0.5, 0.6) is 0 Å². The largest absolute Gasteiger partial charge is 0.393 e. The van der Waals surface area contributed by atoms with Crippen LogP contribution in [0.4, 0.5) is 14.9 Å². The van der Waals surface area contributed by atoms with Crippen molar-refractivity contribution in [3.63, 3.8) is 0 Å². The van der Waals surface area contributed by atoms with Crippen molar-refractivity contribution in [3.8, 4) is 0 Å². The minimum Gasteiger partial charge on any atom is -0.393 e. The Balaban J connectivity index is 1.82. The number of aliphatic hydroxyl groups is 1. The molecule has 4 nitrogen and oxygen atoms in total. The molecule has 0 aromatic heterocycles. The van der Waals surface area contributed by atoms with E-state index in [1.165, 1.54) is 18.2 Å². The van der Waals surface area contributed by atoms with Gasteiger partial charge in [0.05, 0.1) is 11.8 Å². The molecule has 110 valence electrons. The van der Waals surface area contributed by atoms with E-state index in [0.29, 0.717) is 18.0 Å². The fourth-order valence-corrected chi connectivity index (χ4v) is 2.62. The Labute approximate surface area is 122 Å². The Morgan fingerprint density at radius 3 is 3.00 bits per heavy atom. The first-order chi connectivity index (χ1) is 9.54. The van der Waals surface area contributed by atoms with E-state index in [9.17, 15) is 14.3 Å². The minimum absolute atomic E-state index is 0.0543. The van der Waals surface area contributed by atoms with Crippen molar-refractivity contribution in [3.05, 3.63) is 29.0 Å². The molecule has 2 amide bonds. The van der Waals surface area contributed by atoms with Crippen molar-refractivity contribution in [1.82, 2.24) is 5.32 Å². The molecule has 1 aliphatic rings. The highest BCUT2D eigenvalue weighted by atomic mass is 35.5. The summed E-state index contributed by atoms with van der Waals surface area (Å²) in [6.45, 7) is 0.477. The first kappa shape index (κ1) is 15.1. The monoisotopic (exact) mass is 300 g/mol. The van der Waals surface area contributed by atoms with Gasteiger partial charge in [-0.15, -0.1) is 0 Å². The van der Waals surface area contributed by atoms with Gasteiger partial charge in [-0.05, 0) is 43.4 Å². The van der Waals surface area contributed by atoms with Gasteiger partial charge < -0.3 is 15.7 Å². The molecule has 0 heterocycles. The summed E-state index contributed by atoms with van der Waals surface area (Å²) in [5.41, 5.74) is 0.0543. The highest BCUT2D eigenvalue weighted by Crippen LogP contribution is 2.23. The van der Waals surface area contributed by atoms with Gasteiger partial charge in [0.1, 0.15) is 5.82 Å². The number of amides is 2. The Bertz CT molecular complexity index is 484. The molecule has 0 aliphatic heterocycles. The molecule has 0 radical (unpaired) electrons. The van der Waals surface area contributed by atoms with Crippen LogP contribution >= 0.6 is 11.6 Å². The van der Waals surface area contributed by atoms with Gasteiger partial charge in [-0.3, -0.25) is 0 Å². The highest BCUT2D eigenvalue weighted by molar-refractivity contribution is 6.30. The van der Waals surface area contributed by atoms with E-state index in [4.69, 9.17) is 11.6 Å². The summed E-state index contributed by atoms with van der Waals surface area (Å²) in [6, 6.07) is 3.52. The number of aliphatic hydroxyl groups excluding tert-OH is 1. The Hall–Kier alpha value is -1.33. The number of carbonyl (C=O) groups excluding carboxylic acids is 1.